The van der Waals surface area contributed by atoms with Crippen LogP contribution in [-0.2, 0) is 11.2 Å². The molecule has 5 nitrogen and oxygen atoms in total. The highest BCUT2D eigenvalue weighted by atomic mass is 35.5. The van der Waals surface area contributed by atoms with Gasteiger partial charge in [-0.15, -0.1) is 0 Å². The molecule has 6 heteroatoms. The first-order valence-electron chi connectivity index (χ1n) is 9.09. The second kappa shape index (κ2) is 8.07. The Hall–Kier alpha value is -2.79. The summed E-state index contributed by atoms with van der Waals surface area (Å²) >= 11 is 5.95. The summed E-state index contributed by atoms with van der Waals surface area (Å²) < 4.78 is 6.99. The molecule has 2 aromatic carbocycles. The molecule has 0 aliphatic carbocycles. The summed E-state index contributed by atoms with van der Waals surface area (Å²) in [6.07, 6.45) is 0.189. The third kappa shape index (κ3) is 3.90. The largest absolute Gasteiger partial charge is 0.497 e. The highest BCUT2D eigenvalue weighted by Crippen LogP contribution is 2.30. The van der Waals surface area contributed by atoms with E-state index in [0.29, 0.717) is 16.3 Å². The van der Waals surface area contributed by atoms with Gasteiger partial charge in [0.05, 0.1) is 19.0 Å². The van der Waals surface area contributed by atoms with Crippen LogP contribution in [0.2, 0.25) is 5.02 Å². The van der Waals surface area contributed by atoms with E-state index in [1.807, 2.05) is 39.0 Å². The average molecular weight is 399 g/mol. The molecule has 0 unspecified atom stereocenters. The van der Waals surface area contributed by atoms with E-state index in [4.69, 9.17) is 16.3 Å². The van der Waals surface area contributed by atoms with Gasteiger partial charge in [0.25, 0.3) is 5.91 Å². The van der Waals surface area contributed by atoms with Crippen molar-refractivity contribution in [3.8, 4) is 5.75 Å². The van der Waals surface area contributed by atoms with Crippen molar-refractivity contribution in [3.63, 3.8) is 0 Å². The van der Waals surface area contributed by atoms with Gasteiger partial charge in [-0.05, 0) is 68.8 Å². The topological polar surface area (TPSA) is 60.3 Å². The summed E-state index contributed by atoms with van der Waals surface area (Å²) in [5.41, 5.74) is 2.82. The number of nitrogens with zero attached hydrogens (tertiary/aromatic N) is 1. The van der Waals surface area contributed by atoms with E-state index in [2.05, 4.69) is 5.32 Å². The Labute approximate surface area is 169 Å². The minimum atomic E-state index is -0.167. The summed E-state index contributed by atoms with van der Waals surface area (Å²) in [5, 5.41) is 4.31. The van der Waals surface area contributed by atoms with Gasteiger partial charge in [0.2, 0.25) is 5.91 Å². The molecule has 0 aliphatic rings. The van der Waals surface area contributed by atoms with E-state index >= 15 is 0 Å². The fourth-order valence-corrected chi connectivity index (χ4v) is 3.46. The highest BCUT2D eigenvalue weighted by Gasteiger charge is 2.22. The molecule has 146 valence electrons. The lowest BCUT2D eigenvalue weighted by Gasteiger charge is -2.09. The monoisotopic (exact) mass is 398 g/mol. The molecular formula is C22H23ClN2O3. The second-order valence-electron chi connectivity index (χ2n) is 6.99. The van der Waals surface area contributed by atoms with E-state index < -0.39 is 0 Å². The van der Waals surface area contributed by atoms with Crippen LogP contribution in [-0.4, -0.2) is 29.5 Å². The minimum Gasteiger partial charge on any atom is -0.497 e. The number of carbonyl (C=O) groups excluding carboxylic acids is 2. The number of fused-ring (bicyclic) bond motifs is 1. The van der Waals surface area contributed by atoms with Crippen LogP contribution < -0.4 is 10.1 Å². The zero-order valence-corrected chi connectivity index (χ0v) is 17.1. The zero-order chi connectivity index (χ0) is 20.4. The normalized spacial score (nSPS) is 11.1. The van der Waals surface area contributed by atoms with Gasteiger partial charge in [-0.3, -0.25) is 14.2 Å². The van der Waals surface area contributed by atoms with E-state index in [1.165, 1.54) is 0 Å². The first-order valence-corrected chi connectivity index (χ1v) is 9.47. The zero-order valence-electron chi connectivity index (χ0n) is 16.4. The number of amides is 1. The first-order chi connectivity index (χ1) is 13.3. The van der Waals surface area contributed by atoms with Crippen LogP contribution in [0.3, 0.4) is 0 Å². The van der Waals surface area contributed by atoms with Crippen molar-refractivity contribution >= 4 is 34.3 Å². The lowest BCUT2D eigenvalue weighted by atomic mass is 10.1. The lowest BCUT2D eigenvalue weighted by Crippen LogP contribution is -2.31. The number of hydrogen-bond donors (Lipinski definition) is 1. The SMILES string of the molecule is COc1ccc2c(c1)c(CC(=O)NC(C)C)c(C)n2C(=O)c1ccc(Cl)cc1. The molecule has 0 saturated heterocycles. The number of aromatic nitrogens is 1. The molecule has 0 aliphatic heterocycles. The fourth-order valence-electron chi connectivity index (χ4n) is 3.33. The minimum absolute atomic E-state index is 0.0476. The molecule has 1 aromatic heterocycles. The van der Waals surface area contributed by atoms with Crippen LogP contribution in [0.5, 0.6) is 5.75 Å². The third-order valence-corrected chi connectivity index (χ3v) is 4.88. The number of benzene rings is 2. The molecule has 3 rings (SSSR count). The maximum absolute atomic E-state index is 13.2. The van der Waals surface area contributed by atoms with Crippen LogP contribution in [0.4, 0.5) is 0 Å². The molecule has 1 amide bonds. The maximum Gasteiger partial charge on any atom is 0.262 e. The molecule has 0 spiro atoms. The molecule has 3 aromatic rings. The molecule has 0 bridgehead atoms. The fraction of sp³-hybridized carbons (Fsp3) is 0.273. The molecule has 0 saturated carbocycles. The van der Waals surface area contributed by atoms with Gasteiger partial charge in [0.1, 0.15) is 5.75 Å². The van der Waals surface area contributed by atoms with Gasteiger partial charge in [0.15, 0.2) is 0 Å². The summed E-state index contributed by atoms with van der Waals surface area (Å²) in [4.78, 5) is 25.6. The van der Waals surface area contributed by atoms with Gasteiger partial charge in [-0.1, -0.05) is 11.6 Å². The van der Waals surface area contributed by atoms with Gasteiger partial charge in [-0.25, -0.2) is 0 Å². The molecule has 0 atom stereocenters. The van der Waals surface area contributed by atoms with Crippen LogP contribution in [0.15, 0.2) is 42.5 Å². The number of hydrogen-bond acceptors (Lipinski definition) is 3. The second-order valence-corrected chi connectivity index (χ2v) is 7.43. The van der Waals surface area contributed by atoms with Gasteiger partial charge in [0, 0.05) is 27.7 Å². The lowest BCUT2D eigenvalue weighted by molar-refractivity contribution is -0.120. The first kappa shape index (κ1) is 20.0. The van der Waals surface area contributed by atoms with Crippen LogP contribution in [0, 0.1) is 6.92 Å². The van der Waals surface area contributed by atoms with Crippen molar-refractivity contribution in [3.05, 3.63) is 64.3 Å². The van der Waals surface area contributed by atoms with Crippen molar-refractivity contribution in [1.82, 2.24) is 9.88 Å². The Morgan fingerprint density at radius 2 is 1.82 bits per heavy atom. The highest BCUT2D eigenvalue weighted by molar-refractivity contribution is 6.30. The third-order valence-electron chi connectivity index (χ3n) is 4.62. The van der Waals surface area contributed by atoms with Crippen molar-refractivity contribution < 1.29 is 14.3 Å². The molecule has 1 heterocycles. The predicted octanol–water partition coefficient (Wildman–Crippen LogP) is 4.37. The van der Waals surface area contributed by atoms with Crippen molar-refractivity contribution in [2.45, 2.75) is 33.2 Å². The molecule has 28 heavy (non-hydrogen) atoms. The van der Waals surface area contributed by atoms with E-state index in [0.717, 1.165) is 22.2 Å². The predicted molar refractivity (Wildman–Crippen MR) is 111 cm³/mol. The Balaban J connectivity index is 2.14. The van der Waals surface area contributed by atoms with Gasteiger partial charge in [-0.2, -0.15) is 0 Å². The van der Waals surface area contributed by atoms with Crippen molar-refractivity contribution in [2.24, 2.45) is 0 Å². The molecule has 0 fully saturated rings. The number of ether oxygens (including phenoxy) is 1. The maximum atomic E-state index is 13.2. The number of halogens is 1. The van der Waals surface area contributed by atoms with Gasteiger partial charge < -0.3 is 10.1 Å². The summed E-state index contributed by atoms with van der Waals surface area (Å²) in [7, 11) is 1.59. The van der Waals surface area contributed by atoms with Crippen molar-refractivity contribution in [1.29, 1.82) is 0 Å². The summed E-state index contributed by atoms with van der Waals surface area (Å²) in [6.45, 7) is 5.69. The summed E-state index contributed by atoms with van der Waals surface area (Å²) in [6, 6.07) is 12.4. The summed E-state index contributed by atoms with van der Waals surface area (Å²) in [5.74, 6) is 0.424. The van der Waals surface area contributed by atoms with E-state index in [9.17, 15) is 9.59 Å². The number of carbonyl (C=O) groups is 2. The molecular weight excluding hydrogens is 376 g/mol. The van der Waals surface area contributed by atoms with Crippen molar-refractivity contribution in [2.75, 3.05) is 7.11 Å². The van der Waals surface area contributed by atoms with Gasteiger partial charge >= 0.3 is 0 Å². The van der Waals surface area contributed by atoms with E-state index in [-0.39, 0.29) is 24.3 Å². The standard InChI is InChI=1S/C22H23ClN2O3/c1-13(2)24-21(26)12-18-14(3)25(20-10-9-17(28-4)11-19(18)20)22(27)15-5-7-16(23)8-6-15/h5-11,13H,12H2,1-4H3,(H,24,26). The Morgan fingerprint density at radius 1 is 1.14 bits per heavy atom. The Bertz CT molecular complexity index is 1040. The number of methoxy groups -OCH3 is 1. The Morgan fingerprint density at radius 3 is 2.43 bits per heavy atom. The quantitative estimate of drug-likeness (QED) is 0.694. The van der Waals surface area contributed by atoms with Crippen LogP contribution in [0.25, 0.3) is 10.9 Å². The average Bonchev–Trinajstić information content (AvgIpc) is 2.92. The Kier molecular flexibility index (Phi) is 5.75. The number of nitrogens with one attached hydrogen (secondary N) is 1. The molecule has 1 N–H and O–H groups in total. The van der Waals surface area contributed by atoms with Crippen LogP contribution in [0.1, 0.15) is 35.5 Å². The molecule has 0 radical (unpaired) electrons. The smallest absolute Gasteiger partial charge is 0.262 e. The number of rotatable bonds is 5. The van der Waals surface area contributed by atoms with E-state index in [1.54, 1.807) is 35.9 Å². The van der Waals surface area contributed by atoms with Crippen LogP contribution >= 0.6 is 11.6 Å².